The summed E-state index contributed by atoms with van der Waals surface area (Å²) in [6.07, 6.45) is 1.32. The second-order valence-corrected chi connectivity index (χ2v) is 2.18. The van der Waals surface area contributed by atoms with Crippen LogP contribution in [-0.4, -0.2) is 23.5 Å². The molecule has 5 nitrogen and oxygen atoms in total. The Balaban J connectivity index is 3.80. The summed E-state index contributed by atoms with van der Waals surface area (Å²) >= 11 is 0. The monoisotopic (exact) mass is 173 g/mol. The molecular formula is C7H11NO4. The van der Waals surface area contributed by atoms with E-state index in [9.17, 15) is 14.9 Å². The van der Waals surface area contributed by atoms with Crippen LogP contribution in [0.1, 0.15) is 13.3 Å². The van der Waals surface area contributed by atoms with Crippen LogP contribution >= 0.6 is 0 Å². The molecule has 0 saturated heterocycles. The van der Waals surface area contributed by atoms with Crippen molar-refractivity contribution in [3.8, 4) is 0 Å². The average molecular weight is 173 g/mol. The maximum Gasteiger partial charge on any atom is 0.330 e. The van der Waals surface area contributed by atoms with E-state index in [1.54, 1.807) is 6.92 Å². The van der Waals surface area contributed by atoms with Gasteiger partial charge in [0.2, 0.25) is 6.04 Å². The highest BCUT2D eigenvalue weighted by atomic mass is 16.6. The molecule has 5 heteroatoms. The predicted molar refractivity (Wildman–Crippen MR) is 42.2 cm³/mol. The van der Waals surface area contributed by atoms with Gasteiger partial charge >= 0.3 is 5.97 Å². The minimum atomic E-state index is -0.811. The molecule has 0 N–H and O–H groups in total. The Bertz CT molecular complexity index is 190. The zero-order valence-electron chi connectivity index (χ0n) is 6.86. The predicted octanol–water partition coefficient (Wildman–Crippen LogP) is 0.771. The summed E-state index contributed by atoms with van der Waals surface area (Å²) in [6.45, 7) is 4.64. The largest absolute Gasteiger partial charge is 0.455 e. The summed E-state index contributed by atoms with van der Waals surface area (Å²) in [5.74, 6) is -0.629. The van der Waals surface area contributed by atoms with Crippen LogP contribution in [0.3, 0.4) is 0 Å². The molecule has 0 bridgehead atoms. The van der Waals surface area contributed by atoms with Gasteiger partial charge in [0.1, 0.15) is 0 Å². The lowest BCUT2D eigenvalue weighted by molar-refractivity contribution is -0.525. The molecule has 1 atom stereocenters. The fourth-order valence-electron chi connectivity index (χ4n) is 0.565. The van der Waals surface area contributed by atoms with Crippen LogP contribution in [-0.2, 0) is 9.53 Å². The maximum atomic E-state index is 10.5. The van der Waals surface area contributed by atoms with Crippen molar-refractivity contribution in [2.75, 3.05) is 6.61 Å². The Kier molecular flexibility index (Phi) is 4.67. The van der Waals surface area contributed by atoms with Gasteiger partial charge in [0, 0.05) is 17.4 Å². The van der Waals surface area contributed by atoms with E-state index in [0.717, 1.165) is 6.08 Å². The number of carbonyl (C=O) groups excluding carboxylic acids is 1. The first-order valence-electron chi connectivity index (χ1n) is 3.54. The first-order valence-corrected chi connectivity index (χ1v) is 3.54. The molecule has 0 radical (unpaired) electrons. The van der Waals surface area contributed by atoms with Gasteiger partial charge in [0.15, 0.2) is 6.61 Å². The average Bonchev–Trinajstić information content (AvgIpc) is 2.04. The minimum absolute atomic E-state index is 0.186. The van der Waals surface area contributed by atoms with Crippen molar-refractivity contribution in [1.82, 2.24) is 0 Å². The van der Waals surface area contributed by atoms with Gasteiger partial charge in [-0.2, -0.15) is 0 Å². The molecule has 0 aliphatic carbocycles. The second kappa shape index (κ2) is 5.29. The summed E-state index contributed by atoms with van der Waals surface area (Å²) in [6, 6.07) is -0.811. The van der Waals surface area contributed by atoms with E-state index in [1.807, 2.05) is 0 Å². The van der Waals surface area contributed by atoms with Crippen LogP contribution in [0, 0.1) is 10.1 Å². The van der Waals surface area contributed by atoms with Gasteiger partial charge in [0.25, 0.3) is 0 Å². The number of hydrogen-bond acceptors (Lipinski definition) is 4. The highest BCUT2D eigenvalue weighted by molar-refractivity contribution is 5.81. The highest BCUT2D eigenvalue weighted by Crippen LogP contribution is 1.97. The Morgan fingerprint density at radius 3 is 2.75 bits per heavy atom. The zero-order chi connectivity index (χ0) is 9.56. The molecule has 0 rings (SSSR count). The number of ether oxygens (including phenoxy) is 1. The third-order valence-electron chi connectivity index (χ3n) is 1.35. The van der Waals surface area contributed by atoms with Gasteiger partial charge in [-0.25, -0.2) is 4.79 Å². The topological polar surface area (TPSA) is 69.4 Å². The third-order valence-corrected chi connectivity index (χ3v) is 1.35. The highest BCUT2D eigenvalue weighted by Gasteiger charge is 2.18. The standard InChI is InChI=1S/C7H11NO4/c1-3-6(8(10)11)5-12-7(9)4-2/h4,6H,2-3,5H2,1H3/t6-/m0/s1. The molecule has 0 aliphatic rings. The van der Waals surface area contributed by atoms with Gasteiger partial charge in [-0.1, -0.05) is 13.5 Å². The summed E-state index contributed by atoms with van der Waals surface area (Å²) in [4.78, 5) is 20.2. The van der Waals surface area contributed by atoms with Crippen LogP contribution in [0.15, 0.2) is 12.7 Å². The molecule has 0 aromatic heterocycles. The zero-order valence-corrected chi connectivity index (χ0v) is 6.86. The lowest BCUT2D eigenvalue weighted by Crippen LogP contribution is -2.25. The smallest absolute Gasteiger partial charge is 0.330 e. The molecule has 0 amide bonds. The van der Waals surface area contributed by atoms with Crippen molar-refractivity contribution in [1.29, 1.82) is 0 Å². The van der Waals surface area contributed by atoms with Gasteiger partial charge in [-0.3, -0.25) is 10.1 Å². The van der Waals surface area contributed by atoms with Crippen LogP contribution in [0.5, 0.6) is 0 Å². The number of carbonyl (C=O) groups is 1. The molecule has 0 unspecified atom stereocenters. The van der Waals surface area contributed by atoms with Crippen molar-refractivity contribution >= 4 is 5.97 Å². The molecular weight excluding hydrogens is 162 g/mol. The summed E-state index contributed by atoms with van der Waals surface area (Å²) < 4.78 is 4.51. The first kappa shape index (κ1) is 10.6. The number of nitro groups is 1. The Hall–Kier alpha value is -1.39. The van der Waals surface area contributed by atoms with Crippen LogP contribution in [0.25, 0.3) is 0 Å². The number of rotatable bonds is 5. The molecule has 68 valence electrons. The molecule has 0 fully saturated rings. The summed E-state index contributed by atoms with van der Waals surface area (Å²) in [5.41, 5.74) is 0. The number of hydrogen-bond donors (Lipinski definition) is 0. The van der Waals surface area contributed by atoms with Crippen molar-refractivity contribution in [3.63, 3.8) is 0 Å². The van der Waals surface area contributed by atoms with Gasteiger partial charge < -0.3 is 4.74 Å². The fraction of sp³-hybridized carbons (Fsp3) is 0.571. The van der Waals surface area contributed by atoms with Crippen LogP contribution in [0.2, 0.25) is 0 Å². The summed E-state index contributed by atoms with van der Waals surface area (Å²) in [7, 11) is 0. The van der Waals surface area contributed by atoms with E-state index >= 15 is 0 Å². The van der Waals surface area contributed by atoms with E-state index in [1.165, 1.54) is 0 Å². The third kappa shape index (κ3) is 3.70. The maximum absolute atomic E-state index is 10.5. The van der Waals surface area contributed by atoms with E-state index in [4.69, 9.17) is 0 Å². The first-order chi connectivity index (χ1) is 5.61. The molecule has 0 aliphatic heterocycles. The molecule has 0 aromatic rings. The van der Waals surface area contributed by atoms with E-state index in [0.29, 0.717) is 6.42 Å². The van der Waals surface area contributed by atoms with Crippen molar-refractivity contribution < 1.29 is 14.5 Å². The van der Waals surface area contributed by atoms with Gasteiger partial charge in [-0.15, -0.1) is 0 Å². The molecule has 0 aromatic carbocycles. The Labute approximate surface area is 70.2 Å². The fourth-order valence-corrected chi connectivity index (χ4v) is 0.565. The van der Waals surface area contributed by atoms with Crippen molar-refractivity contribution in [3.05, 3.63) is 22.8 Å². The minimum Gasteiger partial charge on any atom is -0.455 e. The van der Waals surface area contributed by atoms with Gasteiger partial charge in [0.05, 0.1) is 0 Å². The molecule has 0 spiro atoms. The summed E-state index contributed by atoms with van der Waals surface area (Å²) in [5, 5.41) is 10.2. The van der Waals surface area contributed by atoms with Crippen molar-refractivity contribution in [2.24, 2.45) is 0 Å². The normalized spacial score (nSPS) is 11.8. The van der Waals surface area contributed by atoms with Gasteiger partial charge in [-0.05, 0) is 0 Å². The number of esters is 1. The molecule has 12 heavy (non-hydrogen) atoms. The SMILES string of the molecule is C=CC(=O)OC[C@H](CC)[N+](=O)[O-]. The lowest BCUT2D eigenvalue weighted by Gasteiger charge is -2.05. The lowest BCUT2D eigenvalue weighted by atomic mass is 10.2. The molecule has 0 heterocycles. The van der Waals surface area contributed by atoms with E-state index in [-0.39, 0.29) is 6.61 Å². The Morgan fingerprint density at radius 2 is 2.42 bits per heavy atom. The second-order valence-electron chi connectivity index (χ2n) is 2.18. The van der Waals surface area contributed by atoms with E-state index in [2.05, 4.69) is 11.3 Å². The van der Waals surface area contributed by atoms with Crippen molar-refractivity contribution in [2.45, 2.75) is 19.4 Å². The van der Waals surface area contributed by atoms with Crippen LogP contribution in [0.4, 0.5) is 0 Å². The van der Waals surface area contributed by atoms with Crippen LogP contribution < -0.4 is 0 Å². The Morgan fingerprint density at radius 1 is 1.83 bits per heavy atom. The van der Waals surface area contributed by atoms with E-state index < -0.39 is 16.9 Å². The quantitative estimate of drug-likeness (QED) is 0.266. The molecule has 0 saturated carbocycles. The number of nitrogens with zero attached hydrogens (tertiary/aromatic N) is 1.